The van der Waals surface area contributed by atoms with Crippen LogP contribution in [0.4, 0.5) is 0 Å². The number of hydrogen-bond acceptors (Lipinski definition) is 2. The second-order valence-electron chi connectivity index (χ2n) is 8.36. The lowest BCUT2D eigenvalue weighted by Gasteiger charge is -2.33. The Morgan fingerprint density at radius 2 is 1.21 bits per heavy atom. The van der Waals surface area contributed by atoms with E-state index in [0.717, 1.165) is 11.8 Å². The molecule has 19 heavy (non-hydrogen) atoms. The fourth-order valence-corrected chi connectivity index (χ4v) is 9.02. The van der Waals surface area contributed by atoms with Crippen LogP contribution in [0.15, 0.2) is 0 Å². The van der Waals surface area contributed by atoms with E-state index in [1.165, 1.54) is 38.5 Å². The molecule has 4 fully saturated rings. The predicted molar refractivity (Wildman–Crippen MR) is 79.1 cm³/mol. The van der Waals surface area contributed by atoms with E-state index in [-0.39, 0.29) is 0 Å². The van der Waals surface area contributed by atoms with E-state index in [1.54, 1.807) is 12.1 Å². The van der Waals surface area contributed by atoms with Gasteiger partial charge in [0.25, 0.3) is 0 Å². The maximum Gasteiger partial charge on any atom is 0.0844 e. The minimum absolute atomic E-state index is 0.666. The van der Waals surface area contributed by atoms with Crippen molar-refractivity contribution in [3.63, 3.8) is 0 Å². The van der Waals surface area contributed by atoms with Crippen molar-refractivity contribution in [2.45, 2.75) is 88.1 Å². The summed E-state index contributed by atoms with van der Waals surface area (Å²) >= 11 is 0. The van der Waals surface area contributed by atoms with E-state index in [0.29, 0.717) is 24.4 Å². The minimum atomic E-state index is -1.01. The van der Waals surface area contributed by atoms with Crippen molar-refractivity contribution in [3.05, 3.63) is 0 Å². The van der Waals surface area contributed by atoms with Crippen molar-refractivity contribution in [2.24, 2.45) is 11.8 Å². The van der Waals surface area contributed by atoms with Gasteiger partial charge in [-0.25, -0.2) is 0 Å². The lowest BCUT2D eigenvalue weighted by atomic mass is 9.90. The van der Waals surface area contributed by atoms with Gasteiger partial charge in [0.1, 0.15) is 0 Å². The first-order valence-electron chi connectivity index (χ1n) is 8.40. The maximum atomic E-state index is 5.69. The molecule has 0 radical (unpaired) electrons. The quantitative estimate of drug-likeness (QED) is 0.577. The molecule has 4 rings (SSSR count). The molecule has 6 unspecified atom stereocenters. The summed E-state index contributed by atoms with van der Waals surface area (Å²) in [4.78, 5) is 0. The first-order chi connectivity index (χ1) is 9.09. The molecule has 0 aromatic carbocycles. The molecule has 4 aliphatic rings. The highest BCUT2D eigenvalue weighted by atomic mass is 28.3. The molecule has 2 saturated carbocycles. The van der Waals surface area contributed by atoms with Crippen molar-refractivity contribution in [1.29, 1.82) is 0 Å². The van der Waals surface area contributed by atoms with E-state index in [9.17, 15) is 0 Å². The summed E-state index contributed by atoms with van der Waals surface area (Å²) in [5, 5.41) is 0. The van der Waals surface area contributed by atoms with Gasteiger partial charge < -0.3 is 9.47 Å². The third-order valence-electron chi connectivity index (χ3n) is 5.91. The third kappa shape index (κ3) is 2.93. The van der Waals surface area contributed by atoms with E-state index < -0.39 is 8.07 Å². The zero-order chi connectivity index (χ0) is 13.0. The summed E-state index contributed by atoms with van der Waals surface area (Å²) < 4.78 is 11.4. The molecule has 0 amide bonds. The summed E-state index contributed by atoms with van der Waals surface area (Å²) in [5.74, 6) is 1.97. The molecule has 108 valence electrons. The fourth-order valence-electron chi connectivity index (χ4n) is 4.99. The lowest BCUT2D eigenvalue weighted by Crippen LogP contribution is -2.33. The zero-order valence-corrected chi connectivity index (χ0v) is 13.4. The third-order valence-corrected chi connectivity index (χ3v) is 9.27. The molecular weight excluding hydrogens is 252 g/mol. The van der Waals surface area contributed by atoms with Crippen LogP contribution in [-0.4, -0.2) is 32.5 Å². The van der Waals surface area contributed by atoms with Crippen molar-refractivity contribution in [3.8, 4) is 0 Å². The SMILES string of the molecule is C[Si](C)(CC1CCC2OC2C1)CC1CCC2OC2C1. The molecule has 2 heterocycles. The number of epoxide rings is 2. The van der Waals surface area contributed by atoms with Crippen LogP contribution in [0.1, 0.15) is 38.5 Å². The van der Waals surface area contributed by atoms with Gasteiger partial charge in [0.15, 0.2) is 0 Å². The molecule has 0 bridgehead atoms. The van der Waals surface area contributed by atoms with Gasteiger partial charge in [0.05, 0.1) is 24.4 Å². The van der Waals surface area contributed by atoms with Crippen molar-refractivity contribution in [1.82, 2.24) is 0 Å². The van der Waals surface area contributed by atoms with Gasteiger partial charge in [0, 0.05) is 8.07 Å². The molecular formula is C16H28O2Si. The molecule has 0 aromatic heterocycles. The van der Waals surface area contributed by atoms with E-state index in [1.807, 2.05) is 0 Å². The first kappa shape index (κ1) is 12.8. The van der Waals surface area contributed by atoms with Gasteiger partial charge in [0.2, 0.25) is 0 Å². The summed E-state index contributed by atoms with van der Waals surface area (Å²) in [7, 11) is -1.01. The number of rotatable bonds is 4. The fraction of sp³-hybridized carbons (Fsp3) is 1.00. The van der Waals surface area contributed by atoms with Crippen molar-refractivity contribution >= 4 is 8.07 Å². The van der Waals surface area contributed by atoms with E-state index >= 15 is 0 Å². The lowest BCUT2D eigenvalue weighted by molar-refractivity contribution is 0.364. The van der Waals surface area contributed by atoms with E-state index in [4.69, 9.17) is 9.47 Å². The molecule has 0 spiro atoms. The zero-order valence-electron chi connectivity index (χ0n) is 12.4. The number of hydrogen-bond donors (Lipinski definition) is 0. The minimum Gasteiger partial charge on any atom is -0.370 e. The highest BCUT2D eigenvalue weighted by Gasteiger charge is 2.47. The molecule has 3 heteroatoms. The Morgan fingerprint density at radius 3 is 1.63 bits per heavy atom. The molecule has 2 aliphatic heterocycles. The first-order valence-corrected chi connectivity index (χ1v) is 11.8. The highest BCUT2D eigenvalue weighted by Crippen LogP contribution is 2.45. The largest absolute Gasteiger partial charge is 0.370 e. The van der Waals surface area contributed by atoms with Crippen LogP contribution in [-0.2, 0) is 9.47 Å². The summed E-state index contributed by atoms with van der Waals surface area (Å²) in [6.45, 7) is 5.26. The van der Waals surface area contributed by atoms with Gasteiger partial charge >= 0.3 is 0 Å². The molecule has 2 saturated heterocycles. The molecule has 0 N–H and O–H groups in total. The Hall–Kier alpha value is 0.137. The summed E-state index contributed by atoms with van der Waals surface area (Å²) in [5.41, 5.74) is 0. The maximum absolute atomic E-state index is 5.69. The van der Waals surface area contributed by atoms with Crippen LogP contribution in [0.5, 0.6) is 0 Å². The molecule has 2 aliphatic carbocycles. The Bertz CT molecular complexity index is 325. The molecule has 0 aromatic rings. The van der Waals surface area contributed by atoms with Gasteiger partial charge in [-0.05, 0) is 50.4 Å². The van der Waals surface area contributed by atoms with Gasteiger partial charge in [-0.3, -0.25) is 0 Å². The van der Waals surface area contributed by atoms with Gasteiger partial charge in [-0.15, -0.1) is 0 Å². The Kier molecular flexibility index (Phi) is 3.09. The molecule has 2 nitrogen and oxygen atoms in total. The number of fused-ring (bicyclic) bond motifs is 2. The standard InChI is InChI=1S/C16H28O2Si/c1-19(2,9-11-3-5-13-15(7-11)17-13)10-12-4-6-14-16(8-12)18-14/h11-16H,3-10H2,1-2H3. The Labute approximate surface area is 118 Å². The van der Waals surface area contributed by atoms with E-state index in [2.05, 4.69) is 13.1 Å². The van der Waals surface area contributed by atoms with Crippen LogP contribution in [0.25, 0.3) is 0 Å². The second-order valence-corrected chi connectivity index (χ2v) is 13.5. The average Bonchev–Trinajstić information content (AvgIpc) is 3.20. The topological polar surface area (TPSA) is 25.1 Å². The van der Waals surface area contributed by atoms with Crippen molar-refractivity contribution < 1.29 is 9.47 Å². The summed E-state index contributed by atoms with van der Waals surface area (Å²) in [6.07, 6.45) is 11.0. The van der Waals surface area contributed by atoms with Gasteiger partial charge in [-0.2, -0.15) is 0 Å². The highest BCUT2D eigenvalue weighted by molar-refractivity contribution is 6.77. The van der Waals surface area contributed by atoms with Crippen LogP contribution >= 0.6 is 0 Å². The van der Waals surface area contributed by atoms with Crippen LogP contribution < -0.4 is 0 Å². The second kappa shape index (κ2) is 4.57. The normalized spacial score (nSPS) is 48.3. The smallest absolute Gasteiger partial charge is 0.0844 e. The average molecular weight is 280 g/mol. The van der Waals surface area contributed by atoms with Crippen LogP contribution in [0.3, 0.4) is 0 Å². The monoisotopic (exact) mass is 280 g/mol. The number of ether oxygens (including phenoxy) is 2. The Morgan fingerprint density at radius 1 is 0.737 bits per heavy atom. The van der Waals surface area contributed by atoms with Crippen LogP contribution in [0, 0.1) is 11.8 Å². The van der Waals surface area contributed by atoms with Crippen LogP contribution in [0.2, 0.25) is 25.2 Å². The predicted octanol–water partition coefficient (Wildman–Crippen LogP) is 3.83. The Balaban J connectivity index is 1.28. The molecule has 6 atom stereocenters. The summed E-state index contributed by atoms with van der Waals surface area (Å²) in [6, 6.07) is 3.09. The van der Waals surface area contributed by atoms with Gasteiger partial charge in [-0.1, -0.05) is 25.2 Å². The van der Waals surface area contributed by atoms with Crippen molar-refractivity contribution in [2.75, 3.05) is 0 Å².